The molecule has 0 saturated heterocycles. The van der Waals surface area contributed by atoms with Crippen LogP contribution < -0.4 is 11.1 Å². The highest BCUT2D eigenvalue weighted by Crippen LogP contribution is 2.20. The summed E-state index contributed by atoms with van der Waals surface area (Å²) >= 11 is 0. The van der Waals surface area contributed by atoms with E-state index in [-0.39, 0.29) is 11.8 Å². The maximum atomic E-state index is 12.1. The SMILES string of the molecule is CCC(C)[C@H](N)C(=O)Nc1cccc(-c2ccn[nH]2)c1. The molecule has 1 aromatic carbocycles. The van der Waals surface area contributed by atoms with Gasteiger partial charge in [-0.05, 0) is 24.1 Å². The van der Waals surface area contributed by atoms with Gasteiger partial charge >= 0.3 is 0 Å². The first-order valence-electron chi connectivity index (χ1n) is 6.78. The lowest BCUT2D eigenvalue weighted by Gasteiger charge is -2.17. The average Bonchev–Trinajstić information content (AvgIpc) is 3.00. The summed E-state index contributed by atoms with van der Waals surface area (Å²) in [5.74, 6) is 0.00639. The number of hydrogen-bond donors (Lipinski definition) is 3. The molecule has 1 unspecified atom stereocenters. The molecule has 1 aromatic heterocycles. The smallest absolute Gasteiger partial charge is 0.241 e. The molecule has 0 spiro atoms. The highest BCUT2D eigenvalue weighted by atomic mass is 16.2. The fraction of sp³-hybridized carbons (Fsp3) is 0.333. The number of nitrogens with one attached hydrogen (secondary N) is 2. The molecule has 20 heavy (non-hydrogen) atoms. The van der Waals surface area contributed by atoms with Crippen molar-refractivity contribution in [1.29, 1.82) is 0 Å². The van der Waals surface area contributed by atoms with Crippen molar-refractivity contribution >= 4 is 11.6 Å². The largest absolute Gasteiger partial charge is 0.325 e. The van der Waals surface area contributed by atoms with Crippen LogP contribution in [-0.2, 0) is 4.79 Å². The van der Waals surface area contributed by atoms with Crippen molar-refractivity contribution in [1.82, 2.24) is 10.2 Å². The zero-order valence-corrected chi connectivity index (χ0v) is 11.8. The van der Waals surface area contributed by atoms with Gasteiger partial charge in [0.05, 0.1) is 11.7 Å². The molecule has 1 amide bonds. The van der Waals surface area contributed by atoms with E-state index >= 15 is 0 Å². The van der Waals surface area contributed by atoms with E-state index in [1.165, 1.54) is 0 Å². The monoisotopic (exact) mass is 272 g/mol. The van der Waals surface area contributed by atoms with Gasteiger partial charge in [-0.2, -0.15) is 5.10 Å². The van der Waals surface area contributed by atoms with Gasteiger partial charge in [0, 0.05) is 17.4 Å². The van der Waals surface area contributed by atoms with Crippen molar-refractivity contribution in [2.75, 3.05) is 5.32 Å². The number of benzene rings is 1. The summed E-state index contributed by atoms with van der Waals surface area (Å²) in [4.78, 5) is 12.1. The number of rotatable bonds is 5. The first-order valence-corrected chi connectivity index (χ1v) is 6.78. The van der Waals surface area contributed by atoms with E-state index in [0.29, 0.717) is 0 Å². The summed E-state index contributed by atoms with van der Waals surface area (Å²) in [5, 5.41) is 9.68. The van der Waals surface area contributed by atoms with Crippen LogP contribution in [0.3, 0.4) is 0 Å². The summed E-state index contributed by atoms with van der Waals surface area (Å²) in [5.41, 5.74) is 8.54. The van der Waals surface area contributed by atoms with Gasteiger partial charge in [-0.25, -0.2) is 0 Å². The third-order valence-corrected chi connectivity index (χ3v) is 3.50. The standard InChI is InChI=1S/C15H20N4O/c1-3-10(2)14(16)15(20)18-12-6-4-5-11(9-12)13-7-8-17-19-13/h4-10,14H,3,16H2,1-2H3,(H,17,19)(H,18,20)/t10?,14-/m0/s1. The van der Waals surface area contributed by atoms with Crippen LogP contribution in [0, 0.1) is 5.92 Å². The summed E-state index contributed by atoms with van der Waals surface area (Å²) in [6.07, 6.45) is 2.57. The molecule has 0 radical (unpaired) electrons. The highest BCUT2D eigenvalue weighted by molar-refractivity contribution is 5.95. The van der Waals surface area contributed by atoms with Gasteiger partial charge in [-0.3, -0.25) is 9.89 Å². The number of nitrogens with two attached hydrogens (primary N) is 1. The first kappa shape index (κ1) is 14.3. The fourth-order valence-corrected chi connectivity index (χ4v) is 1.92. The summed E-state index contributed by atoms with van der Waals surface area (Å²) < 4.78 is 0. The molecule has 2 atom stereocenters. The van der Waals surface area contributed by atoms with E-state index in [0.717, 1.165) is 23.4 Å². The molecular formula is C15H20N4O. The Kier molecular flexibility index (Phi) is 4.53. The summed E-state index contributed by atoms with van der Waals surface area (Å²) in [6.45, 7) is 4.00. The molecule has 1 heterocycles. The van der Waals surface area contributed by atoms with Crippen LogP contribution in [0.25, 0.3) is 11.3 Å². The molecule has 0 aliphatic heterocycles. The minimum Gasteiger partial charge on any atom is -0.325 e. The van der Waals surface area contributed by atoms with Crippen LogP contribution >= 0.6 is 0 Å². The molecule has 0 fully saturated rings. The van der Waals surface area contributed by atoms with Crippen LogP contribution in [0.2, 0.25) is 0 Å². The minimum atomic E-state index is -0.490. The maximum Gasteiger partial charge on any atom is 0.241 e. The molecule has 2 aromatic rings. The van der Waals surface area contributed by atoms with Crippen LogP contribution in [0.15, 0.2) is 36.5 Å². The predicted molar refractivity (Wildman–Crippen MR) is 80.1 cm³/mol. The predicted octanol–water partition coefficient (Wildman–Crippen LogP) is 2.39. The van der Waals surface area contributed by atoms with E-state index in [4.69, 9.17) is 5.73 Å². The Balaban J connectivity index is 2.10. The molecule has 5 heteroatoms. The Morgan fingerprint density at radius 1 is 1.45 bits per heavy atom. The lowest BCUT2D eigenvalue weighted by Crippen LogP contribution is -2.40. The Labute approximate surface area is 118 Å². The van der Waals surface area contributed by atoms with Crippen LogP contribution in [0.4, 0.5) is 5.69 Å². The third kappa shape index (κ3) is 3.24. The zero-order valence-electron chi connectivity index (χ0n) is 11.8. The normalized spacial score (nSPS) is 13.8. The van der Waals surface area contributed by atoms with Crippen molar-refractivity contribution in [2.24, 2.45) is 11.7 Å². The minimum absolute atomic E-state index is 0.152. The zero-order chi connectivity index (χ0) is 14.5. The quantitative estimate of drug-likeness (QED) is 0.781. The lowest BCUT2D eigenvalue weighted by atomic mass is 9.99. The second-order valence-electron chi connectivity index (χ2n) is 4.95. The molecular weight excluding hydrogens is 252 g/mol. The maximum absolute atomic E-state index is 12.1. The Hall–Kier alpha value is -2.14. The van der Waals surface area contributed by atoms with Crippen molar-refractivity contribution < 1.29 is 4.79 Å². The Morgan fingerprint density at radius 3 is 2.90 bits per heavy atom. The number of aromatic nitrogens is 2. The summed E-state index contributed by atoms with van der Waals surface area (Å²) in [6, 6.07) is 8.98. The van der Waals surface area contributed by atoms with Gasteiger partial charge in [0.15, 0.2) is 0 Å². The van der Waals surface area contributed by atoms with Crippen LogP contribution in [-0.4, -0.2) is 22.1 Å². The number of carbonyl (C=O) groups is 1. The van der Waals surface area contributed by atoms with Crippen molar-refractivity contribution in [2.45, 2.75) is 26.3 Å². The van der Waals surface area contributed by atoms with Gasteiger partial charge in [0.25, 0.3) is 0 Å². The van der Waals surface area contributed by atoms with Gasteiger partial charge in [0.2, 0.25) is 5.91 Å². The molecule has 0 saturated carbocycles. The number of carbonyl (C=O) groups excluding carboxylic acids is 1. The van der Waals surface area contributed by atoms with Crippen molar-refractivity contribution in [3.05, 3.63) is 36.5 Å². The van der Waals surface area contributed by atoms with E-state index in [2.05, 4.69) is 15.5 Å². The number of anilines is 1. The number of nitrogens with zero attached hydrogens (tertiary/aromatic N) is 1. The van der Waals surface area contributed by atoms with E-state index in [1.54, 1.807) is 6.20 Å². The summed E-state index contributed by atoms with van der Waals surface area (Å²) in [7, 11) is 0. The van der Waals surface area contributed by atoms with Crippen LogP contribution in [0.1, 0.15) is 20.3 Å². The molecule has 2 rings (SSSR count). The second kappa shape index (κ2) is 6.34. The molecule has 106 valence electrons. The van der Waals surface area contributed by atoms with Crippen LogP contribution in [0.5, 0.6) is 0 Å². The topological polar surface area (TPSA) is 83.8 Å². The highest BCUT2D eigenvalue weighted by Gasteiger charge is 2.19. The second-order valence-corrected chi connectivity index (χ2v) is 4.95. The molecule has 4 N–H and O–H groups in total. The molecule has 0 aliphatic carbocycles. The van der Waals surface area contributed by atoms with E-state index in [1.807, 2.05) is 44.2 Å². The molecule has 5 nitrogen and oxygen atoms in total. The van der Waals surface area contributed by atoms with Crippen molar-refractivity contribution in [3.8, 4) is 11.3 Å². The van der Waals surface area contributed by atoms with Gasteiger partial charge in [0.1, 0.15) is 0 Å². The van der Waals surface area contributed by atoms with E-state index in [9.17, 15) is 4.79 Å². The van der Waals surface area contributed by atoms with Gasteiger partial charge < -0.3 is 11.1 Å². The first-order chi connectivity index (χ1) is 9.61. The van der Waals surface area contributed by atoms with E-state index < -0.39 is 6.04 Å². The fourth-order valence-electron chi connectivity index (χ4n) is 1.92. The number of hydrogen-bond acceptors (Lipinski definition) is 3. The number of amides is 1. The van der Waals surface area contributed by atoms with Gasteiger partial charge in [-0.1, -0.05) is 32.4 Å². The number of H-pyrrole nitrogens is 1. The average molecular weight is 272 g/mol. The van der Waals surface area contributed by atoms with Gasteiger partial charge in [-0.15, -0.1) is 0 Å². The van der Waals surface area contributed by atoms with Crippen molar-refractivity contribution in [3.63, 3.8) is 0 Å². The number of aromatic amines is 1. The lowest BCUT2D eigenvalue weighted by molar-refractivity contribution is -0.118. The molecule has 0 bridgehead atoms. The Bertz CT molecular complexity index is 565. The molecule has 0 aliphatic rings. The Morgan fingerprint density at radius 2 is 2.25 bits per heavy atom. The third-order valence-electron chi connectivity index (χ3n) is 3.50.